The van der Waals surface area contributed by atoms with E-state index in [2.05, 4.69) is 4.89 Å². The first-order valence-electron chi connectivity index (χ1n) is 7.14. The molecular formula is C17H20O7. The molecule has 0 fully saturated rings. The van der Waals surface area contributed by atoms with Crippen molar-refractivity contribution in [3.8, 4) is 11.5 Å². The molecule has 0 aliphatic rings. The van der Waals surface area contributed by atoms with Crippen LogP contribution >= 0.6 is 0 Å². The molecule has 1 aromatic carbocycles. The lowest BCUT2D eigenvalue weighted by Gasteiger charge is -2.17. The van der Waals surface area contributed by atoms with Crippen molar-refractivity contribution in [3.63, 3.8) is 0 Å². The van der Waals surface area contributed by atoms with Crippen LogP contribution in [0.3, 0.4) is 0 Å². The maximum Gasteiger partial charge on any atom is 0.308 e. The first-order chi connectivity index (χ1) is 11.1. The Kier molecular flexibility index (Phi) is 6.39. The van der Waals surface area contributed by atoms with Gasteiger partial charge in [0.15, 0.2) is 11.5 Å². The maximum atomic E-state index is 12.0. The molecule has 0 atom stereocenters. The van der Waals surface area contributed by atoms with Gasteiger partial charge in [-0.15, -0.1) is 0 Å². The van der Waals surface area contributed by atoms with E-state index in [1.165, 1.54) is 45.1 Å². The Morgan fingerprint density at radius 3 is 2.08 bits per heavy atom. The molecule has 1 rings (SSSR count). The van der Waals surface area contributed by atoms with E-state index in [4.69, 9.17) is 14.7 Å². The highest BCUT2D eigenvalue weighted by Crippen LogP contribution is 2.34. The normalized spacial score (nSPS) is 11.4. The van der Waals surface area contributed by atoms with E-state index in [-0.39, 0.29) is 17.1 Å². The molecule has 24 heavy (non-hydrogen) atoms. The Balaban J connectivity index is 3.54. The number of ether oxygens (including phenoxy) is 2. The van der Waals surface area contributed by atoms with Crippen LogP contribution in [0.4, 0.5) is 0 Å². The smallest absolute Gasteiger partial charge is 0.308 e. The fraction of sp³-hybridized carbons (Fsp3) is 0.353. The van der Waals surface area contributed by atoms with Gasteiger partial charge < -0.3 is 9.47 Å². The molecule has 1 N–H and O–H groups in total. The number of hydrogen-bond acceptors (Lipinski definition) is 7. The Morgan fingerprint density at radius 1 is 1.04 bits per heavy atom. The molecule has 0 radical (unpaired) electrons. The molecule has 0 heterocycles. The summed E-state index contributed by atoms with van der Waals surface area (Å²) >= 11 is 0. The number of rotatable bonds is 6. The van der Waals surface area contributed by atoms with E-state index < -0.39 is 23.3 Å². The van der Waals surface area contributed by atoms with Crippen LogP contribution in [0.15, 0.2) is 18.2 Å². The Bertz CT molecular complexity index is 686. The Morgan fingerprint density at radius 2 is 1.62 bits per heavy atom. The van der Waals surface area contributed by atoms with Gasteiger partial charge in [-0.2, -0.15) is 0 Å². The summed E-state index contributed by atoms with van der Waals surface area (Å²) in [6.45, 7) is 6.87. The summed E-state index contributed by atoms with van der Waals surface area (Å²) in [6.07, 6.45) is 3.04. The van der Waals surface area contributed by atoms with Gasteiger partial charge in [-0.3, -0.25) is 19.6 Å². The first-order valence-corrected chi connectivity index (χ1v) is 7.14. The number of benzene rings is 1. The number of esters is 2. The average Bonchev–Trinajstić information content (AvgIpc) is 2.44. The van der Waals surface area contributed by atoms with Gasteiger partial charge in [-0.05, 0) is 39.0 Å². The van der Waals surface area contributed by atoms with Gasteiger partial charge in [0.2, 0.25) is 0 Å². The van der Waals surface area contributed by atoms with Crippen molar-refractivity contribution in [2.45, 2.75) is 40.2 Å². The van der Waals surface area contributed by atoms with Gasteiger partial charge in [0.25, 0.3) is 0 Å². The van der Waals surface area contributed by atoms with Gasteiger partial charge in [0.05, 0.1) is 0 Å². The van der Waals surface area contributed by atoms with Gasteiger partial charge >= 0.3 is 11.9 Å². The number of carbonyl (C=O) groups excluding carboxylic acids is 3. The van der Waals surface area contributed by atoms with Crippen LogP contribution in [0.25, 0.3) is 6.08 Å². The number of Topliss-reactive ketones (excluding diaryl/α,β-unsaturated/α-hetero) is 1. The zero-order valence-electron chi connectivity index (χ0n) is 14.2. The van der Waals surface area contributed by atoms with Crippen LogP contribution < -0.4 is 9.47 Å². The lowest BCUT2D eigenvalue weighted by molar-refractivity contribution is -0.296. The molecule has 0 saturated carbocycles. The third-order valence-corrected chi connectivity index (χ3v) is 2.90. The van der Waals surface area contributed by atoms with Gasteiger partial charge in [-0.25, -0.2) is 4.89 Å². The summed E-state index contributed by atoms with van der Waals surface area (Å²) in [5, 5.41) is 8.82. The zero-order chi connectivity index (χ0) is 18.5. The minimum Gasteiger partial charge on any atom is -0.426 e. The fourth-order valence-corrected chi connectivity index (χ4v) is 1.86. The number of ketones is 1. The van der Waals surface area contributed by atoms with E-state index in [1.807, 2.05) is 0 Å². The number of hydrogen-bond donors (Lipinski definition) is 1. The van der Waals surface area contributed by atoms with Crippen molar-refractivity contribution in [1.29, 1.82) is 0 Å². The quantitative estimate of drug-likeness (QED) is 0.280. The van der Waals surface area contributed by atoms with Crippen molar-refractivity contribution >= 4 is 23.8 Å². The Labute approximate surface area is 139 Å². The van der Waals surface area contributed by atoms with Gasteiger partial charge in [0, 0.05) is 19.4 Å². The Hall–Kier alpha value is -2.51. The molecule has 0 saturated heterocycles. The van der Waals surface area contributed by atoms with E-state index in [0.29, 0.717) is 5.56 Å². The summed E-state index contributed by atoms with van der Waals surface area (Å²) in [5.74, 6) is -1.70. The van der Waals surface area contributed by atoms with Crippen molar-refractivity contribution in [2.24, 2.45) is 0 Å². The topological polar surface area (TPSA) is 99.1 Å². The van der Waals surface area contributed by atoms with Crippen LogP contribution in [0.1, 0.15) is 50.5 Å². The molecule has 0 aromatic heterocycles. The van der Waals surface area contributed by atoms with Crippen LogP contribution in [0.2, 0.25) is 0 Å². The van der Waals surface area contributed by atoms with Crippen LogP contribution in [-0.2, 0) is 14.5 Å². The summed E-state index contributed by atoms with van der Waals surface area (Å²) in [6, 6.07) is 2.95. The highest BCUT2D eigenvalue weighted by atomic mass is 17.1. The lowest BCUT2D eigenvalue weighted by Crippen LogP contribution is -2.18. The highest BCUT2D eigenvalue weighted by Gasteiger charge is 2.22. The van der Waals surface area contributed by atoms with Crippen LogP contribution in [0, 0.1) is 0 Å². The molecule has 0 aliphatic heterocycles. The van der Waals surface area contributed by atoms with Crippen molar-refractivity contribution < 1.29 is 34.0 Å². The molecule has 130 valence electrons. The minimum absolute atomic E-state index is 0.000989. The molecule has 0 amide bonds. The molecule has 0 spiro atoms. The second-order valence-corrected chi connectivity index (χ2v) is 5.63. The fourth-order valence-electron chi connectivity index (χ4n) is 1.86. The highest BCUT2D eigenvalue weighted by molar-refractivity contribution is 6.02. The van der Waals surface area contributed by atoms with Crippen molar-refractivity contribution in [1.82, 2.24) is 0 Å². The standard InChI is InChI=1S/C17H20O7/c1-10(18)15-14(22-11(2)19)7-6-13(16(15)23-12(3)20)8-9-17(4,5)24-21/h6-9,21H,1-5H3. The third kappa shape index (κ3) is 5.29. The van der Waals surface area contributed by atoms with E-state index in [0.717, 1.165) is 0 Å². The summed E-state index contributed by atoms with van der Waals surface area (Å²) < 4.78 is 10.2. The molecule has 0 aliphatic carbocycles. The van der Waals surface area contributed by atoms with Crippen molar-refractivity contribution in [2.75, 3.05) is 0 Å². The predicted octanol–water partition coefficient (Wildman–Crippen LogP) is 3.02. The molecular weight excluding hydrogens is 316 g/mol. The summed E-state index contributed by atoms with van der Waals surface area (Å²) in [7, 11) is 0. The SMILES string of the molecule is CC(=O)Oc1ccc(C=CC(C)(C)OO)c(OC(C)=O)c1C(C)=O. The lowest BCUT2D eigenvalue weighted by atomic mass is 10.0. The predicted molar refractivity (Wildman–Crippen MR) is 85.9 cm³/mol. The maximum absolute atomic E-state index is 12.0. The van der Waals surface area contributed by atoms with E-state index in [9.17, 15) is 14.4 Å². The van der Waals surface area contributed by atoms with Crippen LogP contribution in [-0.4, -0.2) is 28.6 Å². The first kappa shape index (κ1) is 19.5. The van der Waals surface area contributed by atoms with E-state index >= 15 is 0 Å². The summed E-state index contributed by atoms with van der Waals surface area (Å²) in [4.78, 5) is 38.9. The minimum atomic E-state index is -0.988. The second-order valence-electron chi connectivity index (χ2n) is 5.63. The largest absolute Gasteiger partial charge is 0.426 e. The second kappa shape index (κ2) is 7.85. The third-order valence-electron chi connectivity index (χ3n) is 2.90. The number of carbonyl (C=O) groups is 3. The molecule has 1 aromatic rings. The monoisotopic (exact) mass is 336 g/mol. The molecule has 0 unspecified atom stereocenters. The zero-order valence-corrected chi connectivity index (χ0v) is 14.2. The van der Waals surface area contributed by atoms with Gasteiger partial charge in [0.1, 0.15) is 16.9 Å². The van der Waals surface area contributed by atoms with Crippen LogP contribution in [0.5, 0.6) is 11.5 Å². The molecule has 7 nitrogen and oxygen atoms in total. The average molecular weight is 336 g/mol. The molecule has 0 bridgehead atoms. The molecule has 7 heteroatoms. The van der Waals surface area contributed by atoms with Gasteiger partial charge in [-0.1, -0.05) is 6.08 Å². The summed E-state index contributed by atoms with van der Waals surface area (Å²) in [5.41, 5.74) is -0.625. The van der Waals surface area contributed by atoms with E-state index in [1.54, 1.807) is 13.8 Å². The van der Waals surface area contributed by atoms with Crippen molar-refractivity contribution in [3.05, 3.63) is 29.3 Å².